The Morgan fingerprint density at radius 3 is 2.36 bits per heavy atom. The number of carbonyl (C=O) groups is 2. The Labute approximate surface area is 193 Å². The molecule has 172 valence electrons. The summed E-state index contributed by atoms with van der Waals surface area (Å²) in [6, 6.07) is 14.5. The highest BCUT2D eigenvalue weighted by atomic mass is 16.5. The molecular formula is C25H28N4O4. The summed E-state index contributed by atoms with van der Waals surface area (Å²) in [6.07, 6.45) is 2.09. The number of esters is 1. The number of hydrogen-bond acceptors (Lipinski definition) is 6. The topological polar surface area (TPSA) is 76.9 Å². The number of nitrogens with zero attached hydrogens (tertiary/aromatic N) is 4. The molecule has 0 N–H and O–H groups in total. The number of carbonyl (C=O) groups excluding carboxylic acids is 2. The Hall–Kier alpha value is -3.81. The first-order chi connectivity index (χ1) is 15.9. The molecule has 1 amide bonds. The number of hydrogen-bond donors (Lipinski definition) is 0. The molecule has 0 fully saturated rings. The Bertz CT molecular complexity index is 1140. The summed E-state index contributed by atoms with van der Waals surface area (Å²) in [4.78, 5) is 34.1. The maximum absolute atomic E-state index is 13.4. The van der Waals surface area contributed by atoms with Gasteiger partial charge in [0.05, 0.1) is 38.5 Å². The van der Waals surface area contributed by atoms with Gasteiger partial charge in [-0.05, 0) is 42.0 Å². The van der Waals surface area contributed by atoms with Crippen molar-refractivity contribution in [3.63, 3.8) is 0 Å². The lowest BCUT2D eigenvalue weighted by molar-refractivity contribution is -0.146. The van der Waals surface area contributed by atoms with E-state index in [9.17, 15) is 9.59 Å². The van der Waals surface area contributed by atoms with Crippen molar-refractivity contribution < 1.29 is 19.1 Å². The van der Waals surface area contributed by atoms with Crippen LogP contribution in [0, 0.1) is 0 Å². The van der Waals surface area contributed by atoms with Crippen LogP contribution in [0.15, 0.2) is 54.9 Å². The third-order valence-electron chi connectivity index (χ3n) is 5.99. The molecule has 4 rings (SSSR count). The van der Waals surface area contributed by atoms with Gasteiger partial charge in [-0.25, -0.2) is 9.78 Å². The van der Waals surface area contributed by atoms with Gasteiger partial charge in [0.2, 0.25) is 0 Å². The smallest absolute Gasteiger partial charge is 0.329 e. The molecule has 0 radical (unpaired) electrons. The van der Waals surface area contributed by atoms with Crippen LogP contribution in [0.2, 0.25) is 0 Å². The highest BCUT2D eigenvalue weighted by Crippen LogP contribution is 2.27. The lowest BCUT2D eigenvalue weighted by atomic mass is 10.0. The van der Waals surface area contributed by atoms with Crippen LogP contribution >= 0.6 is 0 Å². The van der Waals surface area contributed by atoms with Crippen molar-refractivity contribution in [3.8, 4) is 5.75 Å². The van der Waals surface area contributed by atoms with Crippen LogP contribution in [0.4, 0.5) is 5.69 Å². The molecule has 1 unspecified atom stereocenters. The first-order valence-electron chi connectivity index (χ1n) is 10.7. The second-order valence-corrected chi connectivity index (χ2v) is 8.23. The van der Waals surface area contributed by atoms with Gasteiger partial charge in [0.1, 0.15) is 11.8 Å². The number of amides is 1. The number of methoxy groups -OCH3 is 2. The average molecular weight is 449 g/mol. The third-order valence-corrected chi connectivity index (χ3v) is 5.99. The van der Waals surface area contributed by atoms with E-state index in [1.54, 1.807) is 30.5 Å². The molecule has 33 heavy (non-hydrogen) atoms. The minimum Gasteiger partial charge on any atom is -0.497 e. The summed E-state index contributed by atoms with van der Waals surface area (Å²) in [6.45, 7) is 0.883. The largest absolute Gasteiger partial charge is 0.497 e. The SMILES string of the molecule is COC(=O)C1Cc2ncn(Cc3ccc(OC)cc3)c2CN1C(=O)c1ccc(N(C)C)cc1. The zero-order chi connectivity index (χ0) is 23.5. The highest BCUT2D eigenvalue weighted by Gasteiger charge is 2.38. The predicted octanol–water partition coefficient (Wildman–Crippen LogP) is 2.75. The van der Waals surface area contributed by atoms with Crippen molar-refractivity contribution in [2.75, 3.05) is 33.2 Å². The molecule has 1 aliphatic rings. The monoisotopic (exact) mass is 448 g/mol. The number of anilines is 1. The summed E-state index contributed by atoms with van der Waals surface area (Å²) in [7, 11) is 6.87. The van der Waals surface area contributed by atoms with Crippen LogP contribution in [0.1, 0.15) is 27.3 Å². The number of ether oxygens (including phenoxy) is 2. The molecule has 0 bridgehead atoms. The van der Waals surface area contributed by atoms with Crippen LogP contribution in [0.25, 0.3) is 0 Å². The van der Waals surface area contributed by atoms with Gasteiger partial charge in [-0.3, -0.25) is 4.79 Å². The summed E-state index contributed by atoms with van der Waals surface area (Å²) in [5.41, 5.74) is 4.34. The van der Waals surface area contributed by atoms with E-state index >= 15 is 0 Å². The highest BCUT2D eigenvalue weighted by molar-refractivity contribution is 5.97. The fourth-order valence-corrected chi connectivity index (χ4v) is 4.06. The van der Waals surface area contributed by atoms with Crippen molar-refractivity contribution in [3.05, 3.63) is 77.4 Å². The molecule has 2 heterocycles. The Morgan fingerprint density at radius 1 is 1.06 bits per heavy atom. The Morgan fingerprint density at radius 2 is 1.76 bits per heavy atom. The fraction of sp³-hybridized carbons (Fsp3) is 0.320. The molecule has 1 aliphatic heterocycles. The van der Waals surface area contributed by atoms with Crippen LogP contribution in [0.5, 0.6) is 5.75 Å². The summed E-state index contributed by atoms with van der Waals surface area (Å²) < 4.78 is 12.3. The minimum absolute atomic E-state index is 0.210. The molecule has 8 nitrogen and oxygen atoms in total. The van der Waals surface area contributed by atoms with Gasteiger partial charge in [0.25, 0.3) is 5.91 Å². The van der Waals surface area contributed by atoms with Crippen molar-refractivity contribution in [1.29, 1.82) is 0 Å². The van der Waals surface area contributed by atoms with Crippen LogP contribution < -0.4 is 9.64 Å². The second kappa shape index (κ2) is 9.36. The van der Waals surface area contributed by atoms with Gasteiger partial charge in [0, 0.05) is 38.3 Å². The molecule has 1 aromatic heterocycles. The van der Waals surface area contributed by atoms with Gasteiger partial charge < -0.3 is 23.8 Å². The minimum atomic E-state index is -0.715. The molecule has 3 aromatic rings. The van der Waals surface area contributed by atoms with Crippen LogP contribution in [-0.4, -0.2) is 60.7 Å². The first-order valence-corrected chi connectivity index (χ1v) is 10.7. The molecule has 0 saturated carbocycles. The van der Waals surface area contributed by atoms with Crippen LogP contribution in [0.3, 0.4) is 0 Å². The third kappa shape index (κ3) is 4.55. The van der Waals surface area contributed by atoms with Gasteiger partial charge in [-0.2, -0.15) is 0 Å². The normalized spacial score (nSPS) is 15.0. The number of rotatable bonds is 6. The molecule has 0 spiro atoms. The maximum atomic E-state index is 13.4. The molecule has 0 saturated heterocycles. The van der Waals surface area contributed by atoms with Crippen molar-refractivity contribution in [1.82, 2.24) is 14.5 Å². The summed E-state index contributed by atoms with van der Waals surface area (Å²) in [5.74, 6) is 0.145. The van der Waals surface area contributed by atoms with Crippen molar-refractivity contribution >= 4 is 17.6 Å². The molecule has 2 aromatic carbocycles. The van der Waals surface area contributed by atoms with E-state index in [0.717, 1.165) is 28.4 Å². The van der Waals surface area contributed by atoms with E-state index in [4.69, 9.17) is 9.47 Å². The zero-order valence-corrected chi connectivity index (χ0v) is 19.3. The van der Waals surface area contributed by atoms with E-state index in [-0.39, 0.29) is 12.5 Å². The van der Waals surface area contributed by atoms with Crippen LogP contribution in [-0.2, 0) is 29.0 Å². The first kappa shape index (κ1) is 22.4. The summed E-state index contributed by atoms with van der Waals surface area (Å²) in [5, 5.41) is 0. The molecule has 0 aliphatic carbocycles. The number of fused-ring (bicyclic) bond motifs is 1. The Kier molecular flexibility index (Phi) is 6.35. The molecular weight excluding hydrogens is 420 g/mol. The lowest BCUT2D eigenvalue weighted by Gasteiger charge is -2.34. The van der Waals surface area contributed by atoms with Crippen molar-refractivity contribution in [2.24, 2.45) is 0 Å². The standard InChI is InChI=1S/C25H28N4O4/c1-27(2)19-9-7-18(8-10-19)24(30)29-15-23-21(13-22(29)25(31)33-4)26-16-28(23)14-17-5-11-20(32-3)12-6-17/h5-12,16,22H,13-15H2,1-4H3. The maximum Gasteiger partial charge on any atom is 0.329 e. The van der Waals surface area contributed by atoms with Gasteiger partial charge in [-0.15, -0.1) is 0 Å². The van der Waals surface area contributed by atoms with E-state index in [1.165, 1.54) is 7.11 Å². The Balaban J connectivity index is 1.62. The van der Waals surface area contributed by atoms with Crippen molar-refractivity contribution in [2.45, 2.75) is 25.6 Å². The van der Waals surface area contributed by atoms with E-state index in [1.807, 2.05) is 60.0 Å². The number of imidazole rings is 1. The quantitative estimate of drug-likeness (QED) is 0.540. The van der Waals surface area contributed by atoms with Gasteiger partial charge in [-0.1, -0.05) is 12.1 Å². The number of benzene rings is 2. The van der Waals surface area contributed by atoms with E-state index in [0.29, 0.717) is 18.5 Å². The predicted molar refractivity (Wildman–Crippen MR) is 124 cm³/mol. The summed E-state index contributed by atoms with van der Waals surface area (Å²) >= 11 is 0. The zero-order valence-electron chi connectivity index (χ0n) is 19.3. The fourth-order valence-electron chi connectivity index (χ4n) is 4.06. The van der Waals surface area contributed by atoms with E-state index in [2.05, 4.69) is 4.98 Å². The van der Waals surface area contributed by atoms with E-state index < -0.39 is 12.0 Å². The second-order valence-electron chi connectivity index (χ2n) is 8.23. The van der Waals surface area contributed by atoms with Gasteiger partial charge >= 0.3 is 5.97 Å². The number of aromatic nitrogens is 2. The van der Waals surface area contributed by atoms with Gasteiger partial charge in [0.15, 0.2) is 0 Å². The molecule has 8 heteroatoms. The lowest BCUT2D eigenvalue weighted by Crippen LogP contribution is -2.49. The average Bonchev–Trinajstić information content (AvgIpc) is 3.24. The molecule has 1 atom stereocenters.